The predicted molar refractivity (Wildman–Crippen MR) is 104 cm³/mol. The van der Waals surface area contributed by atoms with E-state index in [0.29, 0.717) is 33.9 Å². The number of hydrogen-bond acceptors (Lipinski definition) is 4. The SMILES string of the molecule is O=C(c1ccccc1Cl)N1CCCCC1c1nc(-c2cccc(Cl)c2)no1. The summed E-state index contributed by atoms with van der Waals surface area (Å²) < 4.78 is 5.51. The maximum absolute atomic E-state index is 13.1. The van der Waals surface area contributed by atoms with Crippen molar-refractivity contribution in [2.75, 3.05) is 6.54 Å². The molecule has 0 aliphatic carbocycles. The second kappa shape index (κ2) is 7.71. The van der Waals surface area contributed by atoms with Crippen LogP contribution in [-0.4, -0.2) is 27.5 Å². The lowest BCUT2D eigenvalue weighted by molar-refractivity contribution is 0.0561. The smallest absolute Gasteiger partial charge is 0.256 e. The van der Waals surface area contributed by atoms with Crippen LogP contribution in [-0.2, 0) is 0 Å². The molecule has 2 heterocycles. The van der Waals surface area contributed by atoms with Gasteiger partial charge in [-0.1, -0.05) is 52.6 Å². The van der Waals surface area contributed by atoms with Crippen molar-refractivity contribution in [2.24, 2.45) is 0 Å². The first-order valence-electron chi connectivity index (χ1n) is 8.78. The molecule has 7 heteroatoms. The quantitative estimate of drug-likeness (QED) is 0.588. The molecule has 1 fully saturated rings. The number of rotatable bonds is 3. The molecule has 0 bridgehead atoms. The number of aromatic nitrogens is 2. The number of nitrogens with zero attached hydrogens (tertiary/aromatic N) is 3. The second-order valence-electron chi connectivity index (χ2n) is 6.46. The molecule has 3 aromatic rings. The maximum atomic E-state index is 13.1. The van der Waals surface area contributed by atoms with Crippen molar-refractivity contribution in [2.45, 2.75) is 25.3 Å². The first-order chi connectivity index (χ1) is 13.1. The van der Waals surface area contributed by atoms with Gasteiger partial charge >= 0.3 is 0 Å². The molecule has 1 saturated heterocycles. The van der Waals surface area contributed by atoms with Gasteiger partial charge in [0.2, 0.25) is 11.7 Å². The molecule has 1 aliphatic heterocycles. The fourth-order valence-corrected chi connectivity index (χ4v) is 3.74. The van der Waals surface area contributed by atoms with Gasteiger partial charge in [-0.2, -0.15) is 4.98 Å². The van der Waals surface area contributed by atoms with Crippen LogP contribution in [0.3, 0.4) is 0 Å². The van der Waals surface area contributed by atoms with Gasteiger partial charge in [0.1, 0.15) is 6.04 Å². The van der Waals surface area contributed by atoms with Crippen LogP contribution in [0.15, 0.2) is 53.1 Å². The molecule has 1 aliphatic rings. The summed E-state index contributed by atoms with van der Waals surface area (Å²) in [6, 6.07) is 14.1. The highest BCUT2D eigenvalue weighted by atomic mass is 35.5. The van der Waals surface area contributed by atoms with E-state index in [2.05, 4.69) is 10.1 Å². The monoisotopic (exact) mass is 401 g/mol. The molecular weight excluding hydrogens is 385 g/mol. The van der Waals surface area contributed by atoms with Gasteiger partial charge in [0, 0.05) is 17.1 Å². The molecule has 27 heavy (non-hydrogen) atoms. The van der Waals surface area contributed by atoms with Crippen LogP contribution in [0.2, 0.25) is 10.0 Å². The Labute approximate surface area is 166 Å². The number of likely N-dealkylation sites (tertiary alicyclic amines) is 1. The van der Waals surface area contributed by atoms with Gasteiger partial charge in [-0.3, -0.25) is 4.79 Å². The lowest BCUT2D eigenvalue weighted by Gasteiger charge is -2.33. The lowest BCUT2D eigenvalue weighted by Crippen LogP contribution is -2.38. The minimum absolute atomic E-state index is 0.118. The zero-order valence-electron chi connectivity index (χ0n) is 14.4. The van der Waals surface area contributed by atoms with E-state index >= 15 is 0 Å². The summed E-state index contributed by atoms with van der Waals surface area (Å²) in [7, 11) is 0. The highest BCUT2D eigenvalue weighted by Crippen LogP contribution is 2.33. The number of amides is 1. The third-order valence-electron chi connectivity index (χ3n) is 4.68. The number of hydrogen-bond donors (Lipinski definition) is 0. The Morgan fingerprint density at radius 1 is 1.11 bits per heavy atom. The summed E-state index contributed by atoms with van der Waals surface area (Å²) in [6.07, 6.45) is 2.70. The Morgan fingerprint density at radius 3 is 2.78 bits per heavy atom. The van der Waals surface area contributed by atoms with Gasteiger partial charge in [-0.15, -0.1) is 0 Å². The van der Waals surface area contributed by atoms with Crippen molar-refractivity contribution >= 4 is 29.1 Å². The minimum atomic E-state index is -0.261. The molecule has 1 aromatic heterocycles. The highest BCUT2D eigenvalue weighted by molar-refractivity contribution is 6.33. The third-order valence-corrected chi connectivity index (χ3v) is 5.24. The van der Waals surface area contributed by atoms with Gasteiger partial charge in [0.05, 0.1) is 10.6 Å². The molecule has 0 saturated carbocycles. The van der Waals surface area contributed by atoms with E-state index in [1.807, 2.05) is 24.3 Å². The normalized spacial score (nSPS) is 17.1. The van der Waals surface area contributed by atoms with Crippen LogP contribution >= 0.6 is 23.2 Å². The van der Waals surface area contributed by atoms with Crippen LogP contribution in [0.5, 0.6) is 0 Å². The molecule has 1 amide bonds. The molecule has 0 radical (unpaired) electrons. The van der Waals surface area contributed by atoms with Gasteiger partial charge in [0.25, 0.3) is 5.91 Å². The van der Waals surface area contributed by atoms with Crippen molar-refractivity contribution in [1.29, 1.82) is 0 Å². The van der Waals surface area contributed by atoms with Crippen LogP contribution in [0.4, 0.5) is 0 Å². The molecular formula is C20H17Cl2N3O2. The standard InChI is InChI=1S/C20H17Cl2N3O2/c21-14-7-5-6-13(12-14)18-23-19(27-24-18)17-10-3-4-11-25(17)20(26)15-8-1-2-9-16(15)22/h1-2,5-9,12,17H,3-4,10-11H2. The molecule has 5 nitrogen and oxygen atoms in total. The number of halogens is 2. The number of carbonyl (C=O) groups is 1. The highest BCUT2D eigenvalue weighted by Gasteiger charge is 2.33. The average molecular weight is 402 g/mol. The molecule has 4 rings (SSSR count). The molecule has 1 unspecified atom stereocenters. The molecule has 1 atom stereocenters. The third kappa shape index (κ3) is 3.70. The summed E-state index contributed by atoms with van der Waals surface area (Å²) in [5.41, 5.74) is 1.26. The van der Waals surface area contributed by atoms with E-state index in [1.165, 1.54) is 0 Å². The number of carbonyl (C=O) groups excluding carboxylic acids is 1. The fraction of sp³-hybridized carbons (Fsp3) is 0.250. The van der Waals surface area contributed by atoms with Gasteiger partial charge < -0.3 is 9.42 Å². The first kappa shape index (κ1) is 18.0. The summed E-state index contributed by atoms with van der Waals surface area (Å²) in [5.74, 6) is 0.779. The van der Waals surface area contributed by atoms with Crippen molar-refractivity contribution < 1.29 is 9.32 Å². The summed E-state index contributed by atoms with van der Waals surface area (Å²) in [5, 5.41) is 5.12. The summed E-state index contributed by atoms with van der Waals surface area (Å²) in [6.45, 7) is 0.629. The van der Waals surface area contributed by atoms with Crippen LogP contribution in [0.25, 0.3) is 11.4 Å². The van der Waals surface area contributed by atoms with Crippen molar-refractivity contribution in [1.82, 2.24) is 15.0 Å². The van der Waals surface area contributed by atoms with E-state index in [-0.39, 0.29) is 11.9 Å². The summed E-state index contributed by atoms with van der Waals surface area (Å²) >= 11 is 12.3. The van der Waals surface area contributed by atoms with Crippen LogP contribution in [0, 0.1) is 0 Å². The number of piperidine rings is 1. The average Bonchev–Trinajstić information content (AvgIpc) is 3.18. The fourth-order valence-electron chi connectivity index (χ4n) is 3.34. The van der Waals surface area contributed by atoms with Gasteiger partial charge in [-0.05, 0) is 43.5 Å². The van der Waals surface area contributed by atoms with E-state index < -0.39 is 0 Å². The van der Waals surface area contributed by atoms with Gasteiger partial charge in [-0.25, -0.2) is 0 Å². The number of benzene rings is 2. The Morgan fingerprint density at radius 2 is 1.96 bits per heavy atom. The molecule has 138 valence electrons. The Bertz CT molecular complexity index is 973. The van der Waals surface area contributed by atoms with E-state index in [0.717, 1.165) is 24.8 Å². The Hall–Kier alpha value is -2.37. The Kier molecular flexibility index (Phi) is 5.14. The van der Waals surface area contributed by atoms with Crippen LogP contribution < -0.4 is 0 Å². The first-order valence-corrected chi connectivity index (χ1v) is 9.54. The molecule has 0 spiro atoms. The minimum Gasteiger partial charge on any atom is -0.337 e. The zero-order valence-corrected chi connectivity index (χ0v) is 16.0. The lowest BCUT2D eigenvalue weighted by atomic mass is 10.0. The topological polar surface area (TPSA) is 59.2 Å². The molecule has 0 N–H and O–H groups in total. The van der Waals surface area contributed by atoms with Crippen molar-refractivity contribution in [3.05, 3.63) is 70.0 Å². The predicted octanol–water partition coefficient (Wildman–Crippen LogP) is 5.41. The zero-order chi connectivity index (χ0) is 18.8. The molecule has 2 aromatic carbocycles. The van der Waals surface area contributed by atoms with E-state index in [9.17, 15) is 4.79 Å². The summed E-state index contributed by atoms with van der Waals surface area (Å²) in [4.78, 5) is 19.4. The maximum Gasteiger partial charge on any atom is 0.256 e. The van der Waals surface area contributed by atoms with Crippen LogP contribution in [0.1, 0.15) is 41.6 Å². The largest absolute Gasteiger partial charge is 0.337 e. The van der Waals surface area contributed by atoms with Gasteiger partial charge in [0.15, 0.2) is 0 Å². The Balaban J connectivity index is 1.64. The van der Waals surface area contributed by atoms with E-state index in [1.54, 1.807) is 29.2 Å². The second-order valence-corrected chi connectivity index (χ2v) is 7.30. The van der Waals surface area contributed by atoms with E-state index in [4.69, 9.17) is 27.7 Å². The van der Waals surface area contributed by atoms with Crippen molar-refractivity contribution in [3.63, 3.8) is 0 Å². The van der Waals surface area contributed by atoms with Crippen molar-refractivity contribution in [3.8, 4) is 11.4 Å².